The van der Waals surface area contributed by atoms with Gasteiger partial charge >= 0.3 is 6.09 Å². The molecule has 126 valence electrons. The molecule has 0 aliphatic carbocycles. The number of amides is 1. The number of ketones is 1. The number of pyridine rings is 1. The van der Waals surface area contributed by atoms with Crippen molar-refractivity contribution in [1.82, 2.24) is 9.88 Å². The molecule has 23 heavy (non-hydrogen) atoms. The van der Waals surface area contributed by atoms with E-state index in [0.717, 1.165) is 0 Å². The summed E-state index contributed by atoms with van der Waals surface area (Å²) in [6.07, 6.45) is 2.69. The molecule has 0 N–H and O–H groups in total. The van der Waals surface area contributed by atoms with Gasteiger partial charge < -0.3 is 9.47 Å². The third kappa shape index (κ3) is 4.91. The summed E-state index contributed by atoms with van der Waals surface area (Å²) in [5.74, 6) is -0.136. The van der Waals surface area contributed by atoms with Crippen molar-refractivity contribution in [3.05, 3.63) is 29.0 Å². The maximum atomic E-state index is 12.6. The summed E-state index contributed by atoms with van der Waals surface area (Å²) in [6.45, 7) is 6.26. The quantitative estimate of drug-likeness (QED) is 0.845. The summed E-state index contributed by atoms with van der Waals surface area (Å²) in [4.78, 5) is 30.2. The molecule has 2 rings (SSSR count). The van der Waals surface area contributed by atoms with Crippen LogP contribution in [0.25, 0.3) is 0 Å². The van der Waals surface area contributed by atoms with Crippen molar-refractivity contribution in [1.29, 1.82) is 0 Å². The average molecular weight is 341 g/mol. The van der Waals surface area contributed by atoms with Crippen LogP contribution in [-0.4, -0.2) is 53.2 Å². The van der Waals surface area contributed by atoms with Gasteiger partial charge in [0.05, 0.1) is 18.2 Å². The molecule has 1 aliphatic rings. The summed E-state index contributed by atoms with van der Waals surface area (Å²) >= 11 is 6.04. The molecular formula is C16H21ClN2O4. The number of ether oxygens (including phenoxy) is 2. The lowest BCUT2D eigenvalue weighted by Gasteiger charge is -2.35. The fourth-order valence-electron chi connectivity index (χ4n) is 2.26. The Balaban J connectivity index is 2.10. The fourth-order valence-corrected chi connectivity index (χ4v) is 2.45. The van der Waals surface area contributed by atoms with Crippen LogP contribution >= 0.6 is 11.6 Å². The molecule has 1 atom stereocenters. The van der Waals surface area contributed by atoms with E-state index < -0.39 is 17.7 Å². The lowest BCUT2D eigenvalue weighted by atomic mass is 10.0. The molecule has 1 aromatic heterocycles. The van der Waals surface area contributed by atoms with E-state index in [0.29, 0.717) is 23.7 Å². The zero-order valence-corrected chi connectivity index (χ0v) is 14.3. The van der Waals surface area contributed by atoms with Crippen LogP contribution < -0.4 is 0 Å². The molecule has 0 saturated carbocycles. The number of aromatic nitrogens is 1. The Morgan fingerprint density at radius 1 is 1.48 bits per heavy atom. The number of hydrogen-bond acceptors (Lipinski definition) is 5. The number of rotatable bonds is 3. The topological polar surface area (TPSA) is 68.7 Å². The SMILES string of the molecule is CC(C)(C)OC(=O)N1CCOCC1C(=O)Cc1ccncc1Cl. The van der Waals surface area contributed by atoms with Crippen molar-refractivity contribution < 1.29 is 19.1 Å². The van der Waals surface area contributed by atoms with Crippen molar-refractivity contribution >= 4 is 23.5 Å². The van der Waals surface area contributed by atoms with Crippen molar-refractivity contribution in [3.8, 4) is 0 Å². The highest BCUT2D eigenvalue weighted by atomic mass is 35.5. The standard InChI is InChI=1S/C16H21ClN2O4/c1-16(2,3)23-15(21)19-6-7-22-10-13(19)14(20)8-11-4-5-18-9-12(11)17/h4-5,9,13H,6-8,10H2,1-3H3. The molecule has 1 fully saturated rings. The smallest absolute Gasteiger partial charge is 0.411 e. The van der Waals surface area contributed by atoms with Gasteiger partial charge in [-0.2, -0.15) is 0 Å². The van der Waals surface area contributed by atoms with Crippen molar-refractivity contribution in [2.24, 2.45) is 0 Å². The molecule has 6 nitrogen and oxygen atoms in total. The molecule has 0 radical (unpaired) electrons. The molecule has 7 heteroatoms. The molecule has 1 aromatic rings. The number of Topliss-reactive ketones (excluding diaryl/α,β-unsaturated/α-hetero) is 1. The van der Waals surface area contributed by atoms with Crippen LogP contribution in [0.15, 0.2) is 18.5 Å². The molecule has 1 aliphatic heterocycles. The second kappa shape index (κ2) is 7.27. The Morgan fingerprint density at radius 2 is 2.22 bits per heavy atom. The number of hydrogen-bond donors (Lipinski definition) is 0. The van der Waals surface area contributed by atoms with Crippen LogP contribution in [0.2, 0.25) is 5.02 Å². The predicted molar refractivity (Wildman–Crippen MR) is 85.5 cm³/mol. The molecule has 0 bridgehead atoms. The largest absolute Gasteiger partial charge is 0.444 e. The first kappa shape index (κ1) is 17.7. The molecule has 0 spiro atoms. The minimum Gasteiger partial charge on any atom is -0.444 e. The molecule has 1 amide bonds. The van der Waals surface area contributed by atoms with Gasteiger partial charge in [-0.3, -0.25) is 14.7 Å². The first-order chi connectivity index (χ1) is 10.8. The van der Waals surface area contributed by atoms with Crippen LogP contribution in [-0.2, 0) is 20.7 Å². The molecule has 1 saturated heterocycles. The van der Waals surface area contributed by atoms with E-state index in [2.05, 4.69) is 4.98 Å². The van der Waals surface area contributed by atoms with Gasteiger partial charge in [-0.25, -0.2) is 4.79 Å². The predicted octanol–water partition coefficient (Wildman–Crippen LogP) is 2.48. The molecular weight excluding hydrogens is 320 g/mol. The highest BCUT2D eigenvalue weighted by molar-refractivity contribution is 6.31. The monoisotopic (exact) mass is 340 g/mol. The zero-order valence-electron chi connectivity index (χ0n) is 13.5. The van der Waals surface area contributed by atoms with E-state index in [1.54, 1.807) is 33.0 Å². The third-order valence-electron chi connectivity index (χ3n) is 3.35. The highest BCUT2D eigenvalue weighted by Crippen LogP contribution is 2.19. The fraction of sp³-hybridized carbons (Fsp3) is 0.562. The van der Waals surface area contributed by atoms with E-state index in [1.807, 2.05) is 0 Å². The van der Waals surface area contributed by atoms with Crippen LogP contribution in [0.5, 0.6) is 0 Å². The van der Waals surface area contributed by atoms with E-state index in [-0.39, 0.29) is 18.8 Å². The Kier molecular flexibility index (Phi) is 5.59. The Hall–Kier alpha value is -1.66. The Labute approximate surface area is 140 Å². The van der Waals surface area contributed by atoms with Crippen LogP contribution in [0.1, 0.15) is 26.3 Å². The molecule has 2 heterocycles. The van der Waals surface area contributed by atoms with Crippen molar-refractivity contribution in [3.63, 3.8) is 0 Å². The third-order valence-corrected chi connectivity index (χ3v) is 3.69. The van der Waals surface area contributed by atoms with Crippen molar-refractivity contribution in [2.45, 2.75) is 38.8 Å². The second-order valence-corrected chi connectivity index (χ2v) is 6.78. The highest BCUT2D eigenvalue weighted by Gasteiger charge is 2.35. The van der Waals surface area contributed by atoms with Gasteiger partial charge in [-0.1, -0.05) is 11.6 Å². The first-order valence-corrected chi connectivity index (χ1v) is 7.84. The lowest BCUT2D eigenvalue weighted by Crippen LogP contribution is -2.54. The summed E-state index contributed by atoms with van der Waals surface area (Å²) in [6, 6.07) is 1.03. The van der Waals surface area contributed by atoms with Gasteiger partial charge in [0.15, 0.2) is 5.78 Å². The lowest BCUT2D eigenvalue weighted by molar-refractivity contribution is -0.129. The second-order valence-electron chi connectivity index (χ2n) is 6.37. The summed E-state index contributed by atoms with van der Waals surface area (Å²) in [7, 11) is 0. The maximum Gasteiger partial charge on any atom is 0.411 e. The van der Waals surface area contributed by atoms with Crippen molar-refractivity contribution in [2.75, 3.05) is 19.8 Å². The average Bonchev–Trinajstić information content (AvgIpc) is 2.48. The zero-order chi connectivity index (χ0) is 17.0. The van der Waals surface area contributed by atoms with Gasteiger partial charge in [0.1, 0.15) is 11.6 Å². The number of carbonyl (C=O) groups excluding carboxylic acids is 2. The molecule has 0 aromatic carbocycles. The number of nitrogens with zero attached hydrogens (tertiary/aromatic N) is 2. The summed E-state index contributed by atoms with van der Waals surface area (Å²) in [5, 5.41) is 0.432. The number of carbonyl (C=O) groups is 2. The van der Waals surface area contributed by atoms with Gasteiger partial charge in [0, 0.05) is 25.4 Å². The van der Waals surface area contributed by atoms with Gasteiger partial charge in [-0.05, 0) is 32.4 Å². The Morgan fingerprint density at radius 3 is 2.87 bits per heavy atom. The summed E-state index contributed by atoms with van der Waals surface area (Å²) < 4.78 is 10.7. The van der Waals surface area contributed by atoms with Gasteiger partial charge in [0.25, 0.3) is 0 Å². The normalized spacial score (nSPS) is 18.6. The Bertz CT molecular complexity index is 586. The minimum atomic E-state index is -0.664. The van der Waals surface area contributed by atoms with Gasteiger partial charge in [0.2, 0.25) is 0 Å². The number of halogens is 1. The number of morpholine rings is 1. The van der Waals surface area contributed by atoms with E-state index >= 15 is 0 Å². The molecule has 1 unspecified atom stereocenters. The van der Waals surface area contributed by atoms with E-state index in [9.17, 15) is 9.59 Å². The minimum absolute atomic E-state index is 0.120. The van der Waals surface area contributed by atoms with E-state index in [4.69, 9.17) is 21.1 Å². The van der Waals surface area contributed by atoms with Crippen LogP contribution in [0.3, 0.4) is 0 Å². The maximum absolute atomic E-state index is 12.6. The van der Waals surface area contributed by atoms with Crippen LogP contribution in [0.4, 0.5) is 4.79 Å². The van der Waals surface area contributed by atoms with Crippen LogP contribution in [0, 0.1) is 0 Å². The van der Waals surface area contributed by atoms with E-state index in [1.165, 1.54) is 11.1 Å². The first-order valence-electron chi connectivity index (χ1n) is 7.46. The summed E-state index contributed by atoms with van der Waals surface area (Å²) in [5.41, 5.74) is 0.0681. The van der Waals surface area contributed by atoms with Gasteiger partial charge in [-0.15, -0.1) is 0 Å².